The molecule has 2 unspecified atom stereocenters. The quantitative estimate of drug-likeness (QED) is 0.192. The van der Waals surface area contributed by atoms with Gasteiger partial charge in [-0.2, -0.15) is 10.4 Å². The molecule has 6 rings (SSSR count). The van der Waals surface area contributed by atoms with E-state index in [9.17, 15) is 5.26 Å². The number of piperidine rings is 1. The minimum atomic E-state index is 0.434. The van der Waals surface area contributed by atoms with Crippen molar-refractivity contribution in [3.63, 3.8) is 0 Å². The Morgan fingerprint density at radius 1 is 1.11 bits per heavy atom. The maximum Gasteiger partial charge on any atom is 0.186 e. The number of aryl methyl sites for hydroxylation is 1. The predicted molar refractivity (Wildman–Crippen MR) is 183 cm³/mol. The molecule has 2 atom stereocenters. The normalized spacial score (nSPS) is 18.7. The van der Waals surface area contributed by atoms with Gasteiger partial charge in [-0.15, -0.1) is 11.3 Å². The molecule has 0 amide bonds. The van der Waals surface area contributed by atoms with Gasteiger partial charge in [-0.1, -0.05) is 52.6 Å². The Bertz CT molecular complexity index is 1630. The molecule has 0 aliphatic carbocycles. The number of hydrogen-bond donors (Lipinski definition) is 1. The second-order valence-corrected chi connectivity index (χ2v) is 13.5. The van der Waals surface area contributed by atoms with Crippen LogP contribution >= 0.6 is 11.3 Å². The van der Waals surface area contributed by atoms with Crippen LogP contribution in [0.1, 0.15) is 95.6 Å². The second kappa shape index (κ2) is 14.7. The van der Waals surface area contributed by atoms with Gasteiger partial charge in [0.15, 0.2) is 22.9 Å². The Morgan fingerprint density at radius 3 is 2.60 bits per heavy atom. The van der Waals surface area contributed by atoms with E-state index in [1.165, 1.54) is 24.2 Å². The highest BCUT2D eigenvalue weighted by molar-refractivity contribution is 7.16. The fourth-order valence-corrected chi connectivity index (χ4v) is 7.85. The highest BCUT2D eigenvalue weighted by atomic mass is 32.1. The predicted octanol–water partition coefficient (Wildman–Crippen LogP) is 7.32. The van der Waals surface area contributed by atoms with Crippen molar-refractivity contribution in [2.24, 2.45) is 5.92 Å². The zero-order chi connectivity index (χ0) is 32.1. The van der Waals surface area contributed by atoms with Crippen molar-refractivity contribution < 1.29 is 4.52 Å². The lowest BCUT2D eigenvalue weighted by molar-refractivity contribution is 0.276. The van der Waals surface area contributed by atoms with E-state index >= 15 is 0 Å². The number of fused-ring (bicyclic) bond motifs is 1. The Balaban J connectivity index is 0.00000196. The molecular weight excluding hydrogens is 583 g/mol. The maximum absolute atomic E-state index is 10.1. The summed E-state index contributed by atoms with van der Waals surface area (Å²) in [5, 5.41) is 21.1. The monoisotopic (exact) mass is 631 g/mol. The average Bonchev–Trinajstić information content (AvgIpc) is 3.83. The highest BCUT2D eigenvalue weighted by Crippen LogP contribution is 2.43. The van der Waals surface area contributed by atoms with Gasteiger partial charge < -0.3 is 20.1 Å². The van der Waals surface area contributed by atoms with E-state index in [2.05, 4.69) is 53.5 Å². The number of aromatic nitrogens is 5. The van der Waals surface area contributed by atoms with Crippen molar-refractivity contribution in [3.8, 4) is 28.9 Å². The molecule has 0 radical (unpaired) electrons. The average molecular weight is 632 g/mol. The van der Waals surface area contributed by atoms with Crippen molar-refractivity contribution in [2.75, 3.05) is 37.3 Å². The largest absolute Gasteiger partial charge is 0.389 e. The smallest absolute Gasteiger partial charge is 0.186 e. The first kappa shape index (κ1) is 32.9. The molecule has 2 N–H and O–H groups in total. The van der Waals surface area contributed by atoms with E-state index in [4.69, 9.17) is 25.3 Å². The Morgan fingerprint density at radius 2 is 1.91 bits per heavy atom. The van der Waals surface area contributed by atoms with Crippen molar-refractivity contribution in [1.29, 1.82) is 5.26 Å². The molecule has 45 heavy (non-hydrogen) atoms. The van der Waals surface area contributed by atoms with Crippen LogP contribution < -0.4 is 10.6 Å². The number of unbranched alkanes of at least 4 members (excludes halogenated alkanes) is 1. The molecule has 2 fully saturated rings. The van der Waals surface area contributed by atoms with Crippen molar-refractivity contribution >= 4 is 33.2 Å². The van der Waals surface area contributed by atoms with Gasteiger partial charge in [-0.05, 0) is 64.5 Å². The topological polar surface area (TPSA) is 126 Å². The number of nitriles is 1. The highest BCUT2D eigenvalue weighted by Gasteiger charge is 2.30. The van der Waals surface area contributed by atoms with Crippen LogP contribution in [-0.2, 0) is 19.4 Å². The van der Waals surface area contributed by atoms with Gasteiger partial charge >= 0.3 is 0 Å². The van der Waals surface area contributed by atoms with Crippen molar-refractivity contribution in [3.05, 3.63) is 22.2 Å². The molecule has 2 saturated heterocycles. The minimum Gasteiger partial charge on any atom is -0.389 e. The van der Waals surface area contributed by atoms with Gasteiger partial charge in [-0.3, -0.25) is 0 Å². The first-order chi connectivity index (χ1) is 21.9. The van der Waals surface area contributed by atoms with Crippen LogP contribution in [0.4, 0.5) is 10.8 Å². The summed E-state index contributed by atoms with van der Waals surface area (Å²) in [6.45, 7) is 14.4. The molecule has 11 heteroatoms. The summed E-state index contributed by atoms with van der Waals surface area (Å²) < 4.78 is 8.21. The number of nitrogens with zero attached hydrogens (tertiary/aromatic N) is 8. The van der Waals surface area contributed by atoms with Crippen molar-refractivity contribution in [2.45, 2.75) is 105 Å². The zero-order valence-corrected chi connectivity index (χ0v) is 28.7. The Kier molecular flexibility index (Phi) is 10.8. The van der Waals surface area contributed by atoms with Crippen LogP contribution in [0.2, 0.25) is 0 Å². The zero-order valence-electron chi connectivity index (χ0n) is 27.9. The molecule has 0 aromatic carbocycles. The molecule has 0 bridgehead atoms. The molecule has 0 spiro atoms. The van der Waals surface area contributed by atoms with Crippen LogP contribution in [0, 0.1) is 17.2 Å². The van der Waals surface area contributed by atoms with Gasteiger partial charge in [0.05, 0.1) is 29.3 Å². The third kappa shape index (κ3) is 6.59. The van der Waals surface area contributed by atoms with E-state index < -0.39 is 0 Å². The Hall–Kier alpha value is -3.49. The summed E-state index contributed by atoms with van der Waals surface area (Å²) in [6, 6.07) is 2.77. The molecular formula is C34H49N9OS. The first-order valence-corrected chi connectivity index (χ1v) is 17.7. The summed E-state index contributed by atoms with van der Waals surface area (Å²) in [5.74, 6) is 2.71. The SMILES string of the molecule is CC.CCCCc1c(-c2nc(N3CCCC(C)C3)c3cnn(CC4CCCN4C)c3n2)noc1-c1c(CCC)sc(N)c1C#N. The fraction of sp³-hybridized carbons (Fsp3) is 0.618. The summed E-state index contributed by atoms with van der Waals surface area (Å²) in [4.78, 5) is 16.3. The molecule has 242 valence electrons. The van der Waals surface area contributed by atoms with Crippen LogP contribution in [0.3, 0.4) is 0 Å². The molecule has 4 aromatic rings. The molecule has 6 heterocycles. The van der Waals surface area contributed by atoms with E-state index in [-0.39, 0.29) is 0 Å². The lowest BCUT2D eigenvalue weighted by atomic mass is 9.98. The number of hydrogen-bond acceptors (Lipinski definition) is 10. The summed E-state index contributed by atoms with van der Waals surface area (Å²) in [6.07, 6.45) is 11.2. The van der Waals surface area contributed by atoms with Gasteiger partial charge in [0.2, 0.25) is 0 Å². The van der Waals surface area contributed by atoms with Gasteiger partial charge in [0.25, 0.3) is 0 Å². The number of nitrogen functional groups attached to an aromatic ring is 1. The van der Waals surface area contributed by atoms with Crippen LogP contribution in [0.5, 0.6) is 0 Å². The first-order valence-electron chi connectivity index (χ1n) is 16.9. The molecule has 0 saturated carbocycles. The number of anilines is 2. The number of likely N-dealkylation sites (tertiary alicyclic amines) is 1. The number of rotatable bonds is 10. The fourth-order valence-electron chi connectivity index (χ4n) is 6.73. The molecule has 4 aromatic heterocycles. The van der Waals surface area contributed by atoms with Gasteiger partial charge in [-0.25, -0.2) is 14.6 Å². The van der Waals surface area contributed by atoms with Crippen LogP contribution in [-0.4, -0.2) is 62.5 Å². The van der Waals surface area contributed by atoms with E-state index in [0.717, 1.165) is 104 Å². The van der Waals surface area contributed by atoms with Crippen LogP contribution in [0.15, 0.2) is 10.7 Å². The minimum absolute atomic E-state index is 0.434. The number of nitrogens with two attached hydrogens (primary N) is 1. The van der Waals surface area contributed by atoms with E-state index in [1.54, 1.807) is 0 Å². The summed E-state index contributed by atoms with van der Waals surface area (Å²) in [7, 11) is 2.20. The third-order valence-electron chi connectivity index (χ3n) is 9.09. The number of thiophene rings is 1. The molecule has 2 aliphatic heterocycles. The number of likely N-dealkylation sites (N-methyl/N-ethyl adjacent to an activating group) is 1. The van der Waals surface area contributed by atoms with Crippen molar-refractivity contribution in [1.82, 2.24) is 29.8 Å². The Labute approximate surface area is 271 Å². The maximum atomic E-state index is 10.1. The molecule has 10 nitrogen and oxygen atoms in total. The van der Waals surface area contributed by atoms with Gasteiger partial charge in [0.1, 0.15) is 16.9 Å². The lowest BCUT2D eigenvalue weighted by Gasteiger charge is -2.32. The van der Waals surface area contributed by atoms with Gasteiger partial charge in [0, 0.05) is 29.6 Å². The second-order valence-electron chi connectivity index (χ2n) is 12.3. The standard InChI is InChI=1S/C32H43N9OS.C2H6/c1-5-7-13-22-27(38-42-28(22)26-23(16-33)29(34)43-25(26)10-6-2)30-36-31(40-15-8-11-20(3)18-40)24-17-35-41(32(24)37-30)19-21-12-9-14-39(21)4;1-2/h17,20-21H,5-15,18-19,34H2,1-4H3;1-2H3. The third-order valence-corrected chi connectivity index (χ3v) is 10.2. The summed E-state index contributed by atoms with van der Waals surface area (Å²) in [5.41, 5.74) is 10.0. The van der Waals surface area contributed by atoms with E-state index in [0.29, 0.717) is 39.8 Å². The summed E-state index contributed by atoms with van der Waals surface area (Å²) >= 11 is 1.48. The van der Waals surface area contributed by atoms with Crippen LogP contribution in [0.25, 0.3) is 33.9 Å². The molecule has 2 aliphatic rings. The lowest BCUT2D eigenvalue weighted by Crippen LogP contribution is -2.35. The van der Waals surface area contributed by atoms with E-state index in [1.807, 2.05) is 20.0 Å².